The van der Waals surface area contributed by atoms with Crippen molar-refractivity contribution in [2.75, 3.05) is 5.32 Å². The van der Waals surface area contributed by atoms with Gasteiger partial charge in [0.15, 0.2) is 5.78 Å². The Balaban J connectivity index is 2.22. The molecule has 2 heterocycles. The fraction of sp³-hybridized carbons (Fsp3) is 0.214. The van der Waals surface area contributed by atoms with E-state index in [1.54, 1.807) is 23.7 Å². The zero-order chi connectivity index (χ0) is 14.3. The second kappa shape index (κ2) is 4.56. The van der Waals surface area contributed by atoms with E-state index in [-0.39, 0.29) is 11.6 Å². The number of ketones is 1. The van der Waals surface area contributed by atoms with Crippen LogP contribution >= 0.6 is 0 Å². The average Bonchev–Trinajstić information content (AvgIpc) is 2.84. The third kappa shape index (κ3) is 1.89. The van der Waals surface area contributed by atoms with Crippen molar-refractivity contribution in [1.29, 1.82) is 0 Å². The molecular weight excluding hydrogens is 259 g/mol. The van der Waals surface area contributed by atoms with Crippen LogP contribution in [0.4, 0.5) is 10.3 Å². The molecule has 20 heavy (non-hydrogen) atoms. The Kier molecular flexibility index (Phi) is 2.85. The van der Waals surface area contributed by atoms with E-state index in [0.29, 0.717) is 22.8 Å². The Labute approximate surface area is 115 Å². The minimum Gasteiger partial charge on any atom is -0.328 e. The molecule has 1 aromatic carbocycles. The van der Waals surface area contributed by atoms with Crippen molar-refractivity contribution in [3.8, 4) is 0 Å². The number of allylic oxidation sites excluding steroid dienone is 2. The van der Waals surface area contributed by atoms with Crippen LogP contribution in [-0.2, 0) is 4.79 Å². The van der Waals surface area contributed by atoms with Crippen molar-refractivity contribution in [2.24, 2.45) is 0 Å². The summed E-state index contributed by atoms with van der Waals surface area (Å²) in [6, 6.07) is 5.73. The van der Waals surface area contributed by atoms with Crippen molar-refractivity contribution in [2.45, 2.75) is 19.9 Å². The smallest absolute Gasteiger partial charge is 0.226 e. The van der Waals surface area contributed by atoms with E-state index >= 15 is 0 Å². The standard InChI is InChI=1S/C14H13FN4O/c1-8-12(9(2)20)13(10-4-3-5-11(15)6-10)19-14(18-8)16-7-17-19/h3-7,13H,1-2H3,(H,16,17,18). The lowest BCUT2D eigenvalue weighted by atomic mass is 9.93. The van der Waals surface area contributed by atoms with Gasteiger partial charge in [-0.15, -0.1) is 0 Å². The molecule has 102 valence electrons. The third-order valence-electron chi connectivity index (χ3n) is 3.34. The number of benzene rings is 1. The molecule has 0 bridgehead atoms. The minimum atomic E-state index is -0.457. The Morgan fingerprint density at radius 2 is 2.25 bits per heavy atom. The second-order valence-electron chi connectivity index (χ2n) is 4.71. The summed E-state index contributed by atoms with van der Waals surface area (Å²) >= 11 is 0. The number of hydrogen-bond donors (Lipinski definition) is 1. The first-order chi connectivity index (χ1) is 9.58. The number of carbonyl (C=O) groups is 1. The quantitative estimate of drug-likeness (QED) is 0.911. The molecule has 0 radical (unpaired) electrons. The van der Waals surface area contributed by atoms with Crippen molar-refractivity contribution in [3.05, 3.63) is 53.2 Å². The summed E-state index contributed by atoms with van der Waals surface area (Å²) in [4.78, 5) is 16.1. The van der Waals surface area contributed by atoms with E-state index in [9.17, 15) is 9.18 Å². The SMILES string of the molecule is CC(=O)C1=C(C)Nc2ncnn2C1c1cccc(F)c1. The topological polar surface area (TPSA) is 59.8 Å². The van der Waals surface area contributed by atoms with Crippen molar-refractivity contribution < 1.29 is 9.18 Å². The van der Waals surface area contributed by atoms with Crippen molar-refractivity contribution in [1.82, 2.24) is 14.8 Å². The van der Waals surface area contributed by atoms with Gasteiger partial charge in [-0.3, -0.25) is 4.79 Å². The Hall–Kier alpha value is -2.50. The molecule has 6 heteroatoms. The highest BCUT2D eigenvalue weighted by Gasteiger charge is 2.31. The minimum absolute atomic E-state index is 0.0783. The van der Waals surface area contributed by atoms with Crippen LogP contribution in [0.5, 0.6) is 0 Å². The predicted molar refractivity (Wildman–Crippen MR) is 71.6 cm³/mol. The zero-order valence-corrected chi connectivity index (χ0v) is 11.1. The molecule has 1 aliphatic rings. The van der Waals surface area contributed by atoms with E-state index < -0.39 is 6.04 Å². The molecule has 0 aliphatic carbocycles. The van der Waals surface area contributed by atoms with Gasteiger partial charge in [0.1, 0.15) is 18.2 Å². The molecular formula is C14H13FN4O. The van der Waals surface area contributed by atoms with Crippen LogP contribution in [0.2, 0.25) is 0 Å². The lowest BCUT2D eigenvalue weighted by Crippen LogP contribution is -2.27. The number of rotatable bonds is 2. The van der Waals surface area contributed by atoms with Gasteiger partial charge in [-0.1, -0.05) is 12.1 Å². The number of nitrogens with zero attached hydrogens (tertiary/aromatic N) is 3. The van der Waals surface area contributed by atoms with Gasteiger partial charge in [-0.2, -0.15) is 10.1 Å². The normalized spacial score (nSPS) is 17.6. The molecule has 0 saturated heterocycles. The van der Waals surface area contributed by atoms with Gasteiger partial charge in [-0.05, 0) is 31.5 Å². The summed E-state index contributed by atoms with van der Waals surface area (Å²) in [6.07, 6.45) is 1.41. The van der Waals surface area contributed by atoms with Gasteiger partial charge in [-0.25, -0.2) is 9.07 Å². The summed E-state index contributed by atoms with van der Waals surface area (Å²) in [7, 11) is 0. The van der Waals surface area contributed by atoms with Crippen LogP contribution in [0, 0.1) is 5.82 Å². The molecule has 0 fully saturated rings. The number of carbonyl (C=O) groups excluding carboxylic acids is 1. The van der Waals surface area contributed by atoms with Gasteiger partial charge in [0.05, 0.1) is 0 Å². The van der Waals surface area contributed by atoms with Gasteiger partial charge in [0, 0.05) is 11.3 Å². The maximum atomic E-state index is 13.5. The van der Waals surface area contributed by atoms with E-state index in [0.717, 1.165) is 0 Å². The van der Waals surface area contributed by atoms with Gasteiger partial charge < -0.3 is 5.32 Å². The monoisotopic (exact) mass is 272 g/mol. The summed E-state index contributed by atoms with van der Waals surface area (Å²) in [5.74, 6) is 0.121. The van der Waals surface area contributed by atoms with Crippen LogP contribution < -0.4 is 5.32 Å². The fourth-order valence-electron chi connectivity index (χ4n) is 2.53. The van der Waals surface area contributed by atoms with Gasteiger partial charge in [0.25, 0.3) is 0 Å². The van der Waals surface area contributed by atoms with Crippen LogP contribution in [0.25, 0.3) is 0 Å². The molecule has 5 nitrogen and oxygen atoms in total. The highest BCUT2D eigenvalue weighted by molar-refractivity contribution is 5.96. The maximum absolute atomic E-state index is 13.5. The molecule has 1 N–H and O–H groups in total. The van der Waals surface area contributed by atoms with E-state index in [2.05, 4.69) is 15.4 Å². The number of anilines is 1. The number of halogens is 1. The van der Waals surface area contributed by atoms with Crippen LogP contribution in [0.3, 0.4) is 0 Å². The molecule has 2 aromatic rings. The number of Topliss-reactive ketones (excluding diaryl/α,β-unsaturated/α-hetero) is 1. The lowest BCUT2D eigenvalue weighted by Gasteiger charge is -2.28. The lowest BCUT2D eigenvalue weighted by molar-refractivity contribution is -0.114. The maximum Gasteiger partial charge on any atom is 0.226 e. The van der Waals surface area contributed by atoms with Crippen molar-refractivity contribution >= 4 is 11.7 Å². The molecule has 0 saturated carbocycles. The van der Waals surface area contributed by atoms with Gasteiger partial charge in [0.2, 0.25) is 5.95 Å². The average molecular weight is 272 g/mol. The first kappa shape index (κ1) is 12.5. The van der Waals surface area contributed by atoms with E-state index in [4.69, 9.17) is 0 Å². The highest BCUT2D eigenvalue weighted by atomic mass is 19.1. The Morgan fingerprint density at radius 1 is 1.45 bits per heavy atom. The Bertz CT molecular complexity index is 719. The van der Waals surface area contributed by atoms with E-state index in [1.165, 1.54) is 25.4 Å². The first-order valence-electron chi connectivity index (χ1n) is 6.21. The van der Waals surface area contributed by atoms with Gasteiger partial charge >= 0.3 is 0 Å². The Morgan fingerprint density at radius 3 is 2.95 bits per heavy atom. The highest BCUT2D eigenvalue weighted by Crippen LogP contribution is 2.34. The van der Waals surface area contributed by atoms with Crippen LogP contribution in [0.1, 0.15) is 25.5 Å². The molecule has 1 aliphatic heterocycles. The molecule has 1 unspecified atom stereocenters. The molecule has 3 rings (SSSR count). The predicted octanol–water partition coefficient (Wildman–Crippen LogP) is 2.30. The largest absolute Gasteiger partial charge is 0.328 e. The molecule has 1 atom stereocenters. The third-order valence-corrected chi connectivity index (χ3v) is 3.34. The number of hydrogen-bond acceptors (Lipinski definition) is 4. The summed E-state index contributed by atoms with van der Waals surface area (Å²) < 4.78 is 15.1. The zero-order valence-electron chi connectivity index (χ0n) is 11.1. The second-order valence-corrected chi connectivity index (χ2v) is 4.71. The summed E-state index contributed by atoms with van der Waals surface area (Å²) in [5, 5.41) is 7.19. The number of fused-ring (bicyclic) bond motifs is 1. The fourth-order valence-corrected chi connectivity index (χ4v) is 2.53. The molecule has 0 amide bonds. The van der Waals surface area contributed by atoms with Crippen LogP contribution in [0.15, 0.2) is 41.9 Å². The molecule has 1 aromatic heterocycles. The molecule has 0 spiro atoms. The number of aromatic nitrogens is 3. The van der Waals surface area contributed by atoms with E-state index in [1.807, 2.05) is 0 Å². The number of nitrogens with one attached hydrogen (secondary N) is 1. The summed E-state index contributed by atoms with van der Waals surface area (Å²) in [5.41, 5.74) is 1.95. The van der Waals surface area contributed by atoms with Crippen molar-refractivity contribution in [3.63, 3.8) is 0 Å². The summed E-state index contributed by atoms with van der Waals surface area (Å²) in [6.45, 7) is 3.30. The first-order valence-corrected chi connectivity index (χ1v) is 6.21. The van der Waals surface area contributed by atoms with Crippen LogP contribution in [-0.4, -0.2) is 20.5 Å².